The Morgan fingerprint density at radius 3 is 2.86 bits per heavy atom. The van der Waals surface area contributed by atoms with E-state index >= 15 is 0 Å². The third-order valence-corrected chi connectivity index (χ3v) is 2.73. The van der Waals surface area contributed by atoms with Gasteiger partial charge < -0.3 is 10.6 Å². The van der Waals surface area contributed by atoms with E-state index in [0.29, 0.717) is 19.0 Å². The van der Waals surface area contributed by atoms with Gasteiger partial charge in [-0.2, -0.15) is 0 Å². The lowest BCUT2D eigenvalue weighted by molar-refractivity contribution is 0.820. The van der Waals surface area contributed by atoms with Gasteiger partial charge >= 0.3 is 0 Å². The number of nitrogens with zero attached hydrogens (tertiary/aromatic N) is 4. The Balaban J connectivity index is 2.13. The first-order chi connectivity index (χ1) is 10.3. The van der Waals surface area contributed by atoms with Crippen molar-refractivity contribution in [2.45, 2.75) is 13.5 Å². The van der Waals surface area contributed by atoms with Gasteiger partial charge in [0.15, 0.2) is 11.8 Å². The summed E-state index contributed by atoms with van der Waals surface area (Å²) >= 11 is 0. The molecule has 0 unspecified atom stereocenters. The number of guanidine groups is 1. The maximum atomic E-state index is 5.24. The van der Waals surface area contributed by atoms with Gasteiger partial charge in [-0.1, -0.05) is 24.1 Å². The normalized spacial score (nSPS) is 11.0. The zero-order valence-corrected chi connectivity index (χ0v) is 12.0. The van der Waals surface area contributed by atoms with Crippen LogP contribution in [0.25, 0.3) is 5.69 Å². The monoisotopic (exact) mass is 282 g/mol. The molecular weight excluding hydrogens is 264 g/mol. The molecule has 0 saturated heterocycles. The van der Waals surface area contributed by atoms with E-state index in [1.807, 2.05) is 41.8 Å². The van der Waals surface area contributed by atoms with Gasteiger partial charge in [-0.15, -0.1) is 16.6 Å². The molecule has 0 aliphatic rings. The van der Waals surface area contributed by atoms with Crippen LogP contribution in [0.5, 0.6) is 0 Å². The third-order valence-electron chi connectivity index (χ3n) is 2.73. The maximum Gasteiger partial charge on any atom is 0.192 e. The fourth-order valence-corrected chi connectivity index (χ4v) is 1.80. The van der Waals surface area contributed by atoms with Gasteiger partial charge in [-0.25, -0.2) is 4.99 Å². The number of benzene rings is 1. The number of hydrogen-bond acceptors (Lipinski definition) is 3. The first kappa shape index (κ1) is 14.6. The van der Waals surface area contributed by atoms with E-state index < -0.39 is 0 Å². The molecule has 0 aliphatic heterocycles. The summed E-state index contributed by atoms with van der Waals surface area (Å²) in [5.41, 5.74) is 1.01. The number of aromatic nitrogens is 3. The molecule has 6 heteroatoms. The lowest BCUT2D eigenvalue weighted by Crippen LogP contribution is -2.37. The molecule has 1 aromatic carbocycles. The van der Waals surface area contributed by atoms with Crippen molar-refractivity contribution in [3.05, 3.63) is 42.5 Å². The Bertz CT molecular complexity index is 623. The summed E-state index contributed by atoms with van der Waals surface area (Å²) in [5.74, 6) is 3.95. The lowest BCUT2D eigenvalue weighted by Gasteiger charge is -2.09. The average molecular weight is 282 g/mol. The molecule has 0 amide bonds. The molecule has 0 radical (unpaired) electrons. The van der Waals surface area contributed by atoms with Crippen molar-refractivity contribution in [3.63, 3.8) is 0 Å². The molecule has 1 heterocycles. The van der Waals surface area contributed by atoms with E-state index in [4.69, 9.17) is 6.42 Å². The third kappa shape index (κ3) is 4.08. The Morgan fingerprint density at radius 1 is 1.33 bits per heavy atom. The fourth-order valence-electron chi connectivity index (χ4n) is 1.80. The van der Waals surface area contributed by atoms with Crippen molar-refractivity contribution < 1.29 is 0 Å². The van der Waals surface area contributed by atoms with Crippen LogP contribution in [0, 0.1) is 12.3 Å². The molecule has 0 spiro atoms. The van der Waals surface area contributed by atoms with Crippen molar-refractivity contribution in [2.24, 2.45) is 4.99 Å². The second-order valence-electron chi connectivity index (χ2n) is 4.21. The fraction of sp³-hybridized carbons (Fsp3) is 0.267. The highest BCUT2D eigenvalue weighted by Gasteiger charge is 2.05. The van der Waals surface area contributed by atoms with Gasteiger partial charge in [0.05, 0.1) is 6.54 Å². The first-order valence-electron chi connectivity index (χ1n) is 6.75. The molecule has 1 aromatic heterocycles. The predicted octanol–water partition coefficient (Wildman–Crippen LogP) is 0.956. The minimum Gasteiger partial charge on any atom is -0.357 e. The summed E-state index contributed by atoms with van der Waals surface area (Å²) in [4.78, 5) is 4.46. The molecule has 2 N–H and O–H groups in total. The minimum absolute atomic E-state index is 0.412. The summed E-state index contributed by atoms with van der Waals surface area (Å²) < 4.78 is 1.91. The lowest BCUT2D eigenvalue weighted by atomic mass is 10.3. The molecular formula is C15H18N6. The summed E-state index contributed by atoms with van der Waals surface area (Å²) in [6.07, 6.45) is 6.92. The molecule has 6 nitrogen and oxygen atoms in total. The molecule has 0 aliphatic carbocycles. The molecule has 2 rings (SSSR count). The van der Waals surface area contributed by atoms with Gasteiger partial charge in [0.1, 0.15) is 12.9 Å². The quantitative estimate of drug-likeness (QED) is 0.487. The number of hydrogen-bond donors (Lipinski definition) is 2. The van der Waals surface area contributed by atoms with Crippen LogP contribution in [-0.2, 0) is 6.54 Å². The summed E-state index contributed by atoms with van der Waals surface area (Å²) in [6.45, 7) is 3.60. The standard InChI is InChI=1S/C15H18N6/c1-3-10-17-15(16-4-2)18-11-14-20-19-12-21(14)13-8-6-5-7-9-13/h1,5-9,12H,4,10-11H2,2H3,(H2,16,17,18). The Hall–Kier alpha value is -2.81. The van der Waals surface area contributed by atoms with Crippen molar-refractivity contribution in [1.82, 2.24) is 25.4 Å². The van der Waals surface area contributed by atoms with E-state index in [1.165, 1.54) is 0 Å². The number of terminal acetylenes is 1. The van der Waals surface area contributed by atoms with Crippen LogP contribution in [0.3, 0.4) is 0 Å². The zero-order chi connectivity index (χ0) is 14.9. The second-order valence-corrected chi connectivity index (χ2v) is 4.21. The van der Waals surface area contributed by atoms with Crippen LogP contribution in [0.2, 0.25) is 0 Å². The van der Waals surface area contributed by atoms with Crippen LogP contribution in [0.15, 0.2) is 41.7 Å². The van der Waals surface area contributed by atoms with E-state index in [0.717, 1.165) is 18.1 Å². The molecule has 2 aromatic rings. The average Bonchev–Trinajstić information content (AvgIpc) is 2.99. The number of aliphatic imine (C=N–C) groups is 1. The van der Waals surface area contributed by atoms with Gasteiger partial charge in [0, 0.05) is 12.2 Å². The van der Waals surface area contributed by atoms with Crippen LogP contribution in [0.4, 0.5) is 0 Å². The highest BCUT2D eigenvalue weighted by molar-refractivity contribution is 5.79. The molecule has 0 bridgehead atoms. The maximum absolute atomic E-state index is 5.24. The highest BCUT2D eigenvalue weighted by atomic mass is 15.3. The molecule has 108 valence electrons. The Kier molecular flexibility index (Phi) is 5.35. The van der Waals surface area contributed by atoms with Crippen LogP contribution >= 0.6 is 0 Å². The van der Waals surface area contributed by atoms with Crippen LogP contribution in [0.1, 0.15) is 12.7 Å². The van der Waals surface area contributed by atoms with Gasteiger partial charge in [0.2, 0.25) is 0 Å². The largest absolute Gasteiger partial charge is 0.357 e. The summed E-state index contributed by atoms with van der Waals surface area (Å²) in [6, 6.07) is 9.91. The molecule has 0 fully saturated rings. The predicted molar refractivity (Wildman–Crippen MR) is 83.0 cm³/mol. The smallest absolute Gasteiger partial charge is 0.192 e. The first-order valence-corrected chi connectivity index (χ1v) is 6.75. The van der Waals surface area contributed by atoms with E-state index in [2.05, 4.69) is 31.7 Å². The van der Waals surface area contributed by atoms with E-state index in [1.54, 1.807) is 6.33 Å². The minimum atomic E-state index is 0.412. The Labute approximate surface area is 124 Å². The number of rotatable bonds is 5. The van der Waals surface area contributed by atoms with Crippen LogP contribution < -0.4 is 10.6 Å². The highest BCUT2D eigenvalue weighted by Crippen LogP contribution is 2.09. The van der Waals surface area contributed by atoms with Crippen molar-refractivity contribution in [2.75, 3.05) is 13.1 Å². The second kappa shape index (κ2) is 7.70. The number of nitrogens with one attached hydrogen (secondary N) is 2. The molecule has 0 atom stereocenters. The summed E-state index contributed by atoms with van der Waals surface area (Å²) in [5, 5.41) is 14.2. The molecule has 21 heavy (non-hydrogen) atoms. The van der Waals surface area contributed by atoms with Crippen LogP contribution in [-0.4, -0.2) is 33.8 Å². The van der Waals surface area contributed by atoms with Gasteiger partial charge in [-0.05, 0) is 19.1 Å². The van der Waals surface area contributed by atoms with Crippen molar-refractivity contribution in [1.29, 1.82) is 0 Å². The van der Waals surface area contributed by atoms with Crippen molar-refractivity contribution in [3.8, 4) is 18.0 Å². The van der Waals surface area contributed by atoms with E-state index in [-0.39, 0.29) is 0 Å². The van der Waals surface area contributed by atoms with Gasteiger partial charge in [-0.3, -0.25) is 4.57 Å². The van der Waals surface area contributed by atoms with E-state index in [9.17, 15) is 0 Å². The van der Waals surface area contributed by atoms with Gasteiger partial charge in [0.25, 0.3) is 0 Å². The number of para-hydroxylation sites is 1. The topological polar surface area (TPSA) is 67.1 Å². The Morgan fingerprint density at radius 2 is 2.14 bits per heavy atom. The molecule has 0 saturated carbocycles. The SMILES string of the molecule is C#CCNC(=NCc1nncn1-c1ccccc1)NCC. The summed E-state index contributed by atoms with van der Waals surface area (Å²) in [7, 11) is 0. The zero-order valence-electron chi connectivity index (χ0n) is 12.0. The van der Waals surface area contributed by atoms with Crippen molar-refractivity contribution >= 4 is 5.96 Å².